The fraction of sp³-hybridized carbons (Fsp3) is 0.323. The fourth-order valence-electron chi connectivity index (χ4n) is 4.64. The summed E-state index contributed by atoms with van der Waals surface area (Å²) in [6.45, 7) is 10.8. The van der Waals surface area contributed by atoms with Crippen LogP contribution < -0.4 is 4.74 Å². The minimum atomic E-state index is 0.508. The van der Waals surface area contributed by atoms with Gasteiger partial charge in [0.1, 0.15) is 16.7 Å². The maximum absolute atomic E-state index is 6.94. The van der Waals surface area contributed by atoms with E-state index in [0.29, 0.717) is 5.17 Å². The van der Waals surface area contributed by atoms with E-state index < -0.39 is 0 Å². The smallest absolute Gasteiger partial charge is 0.142 e. The third-order valence-electron chi connectivity index (χ3n) is 6.51. The van der Waals surface area contributed by atoms with E-state index in [1.165, 1.54) is 18.4 Å². The van der Waals surface area contributed by atoms with E-state index in [4.69, 9.17) is 21.3 Å². The van der Waals surface area contributed by atoms with Crippen LogP contribution in [0.3, 0.4) is 0 Å². The molecule has 0 N–H and O–H groups in total. The number of hydrogen-bond donors (Lipinski definition) is 0. The molecule has 184 valence electrons. The van der Waals surface area contributed by atoms with Crippen molar-refractivity contribution in [3.63, 3.8) is 0 Å². The average Bonchev–Trinajstić information content (AvgIpc) is 2.89. The molecule has 1 aliphatic heterocycles. The number of aliphatic imine (C=N–C) groups is 1. The average molecular weight is 489 g/mol. The third-order valence-corrected chi connectivity index (χ3v) is 6.78. The van der Waals surface area contributed by atoms with Gasteiger partial charge in [0, 0.05) is 23.9 Å². The lowest BCUT2D eigenvalue weighted by molar-refractivity contribution is 0.415. The number of rotatable bonds is 8. The molecule has 0 bridgehead atoms. The molecule has 4 heteroatoms. The molecule has 0 aromatic heterocycles. The zero-order valence-electron chi connectivity index (χ0n) is 21.7. The summed E-state index contributed by atoms with van der Waals surface area (Å²) in [6, 6.07) is 8.00. The van der Waals surface area contributed by atoms with Crippen LogP contribution in [0.1, 0.15) is 58.4 Å². The Morgan fingerprint density at radius 1 is 1.17 bits per heavy atom. The molecule has 0 atom stereocenters. The van der Waals surface area contributed by atoms with E-state index in [1.54, 1.807) is 7.11 Å². The van der Waals surface area contributed by atoms with Crippen LogP contribution in [0.15, 0.2) is 106 Å². The normalized spacial score (nSPS) is 18.8. The fourth-order valence-corrected chi connectivity index (χ4v) is 4.94. The molecule has 1 aliphatic carbocycles. The maximum Gasteiger partial charge on any atom is 0.142 e. The molecule has 1 aromatic rings. The van der Waals surface area contributed by atoms with Crippen molar-refractivity contribution in [1.82, 2.24) is 4.90 Å². The van der Waals surface area contributed by atoms with Crippen LogP contribution in [0, 0.1) is 0 Å². The Labute approximate surface area is 216 Å². The van der Waals surface area contributed by atoms with Crippen LogP contribution in [0.2, 0.25) is 0 Å². The standard InChI is InChI=1S/C31H37ClN2O/c1-7-10-12-15-23(8-2)22(4)28(24-16-13-11-14-17-24)31-33-30(32)29(27(9-3)34(31)5)25-18-20-26(35-6)21-19-25/h7-8,10,12,15-16,18-21H,4,9,11,13-14,17H2,1-3,5-6H3/b10-7-,15-12-,23-8+,31-28+. The predicted molar refractivity (Wildman–Crippen MR) is 152 cm³/mol. The lowest BCUT2D eigenvalue weighted by Gasteiger charge is -2.33. The van der Waals surface area contributed by atoms with Gasteiger partial charge < -0.3 is 9.64 Å². The molecule has 0 saturated carbocycles. The maximum atomic E-state index is 6.94. The molecule has 0 unspecified atom stereocenters. The van der Waals surface area contributed by atoms with Gasteiger partial charge in [-0.2, -0.15) is 0 Å². The van der Waals surface area contributed by atoms with Crippen LogP contribution in [0.4, 0.5) is 0 Å². The van der Waals surface area contributed by atoms with Gasteiger partial charge in [-0.15, -0.1) is 0 Å². The van der Waals surface area contributed by atoms with E-state index >= 15 is 0 Å². The second-order valence-electron chi connectivity index (χ2n) is 8.65. The topological polar surface area (TPSA) is 24.8 Å². The number of hydrogen-bond acceptors (Lipinski definition) is 3. The molecule has 3 rings (SSSR count). The second-order valence-corrected chi connectivity index (χ2v) is 9.00. The van der Waals surface area contributed by atoms with Crippen LogP contribution in [-0.4, -0.2) is 24.2 Å². The minimum absolute atomic E-state index is 0.508. The van der Waals surface area contributed by atoms with Gasteiger partial charge in [0.05, 0.1) is 7.11 Å². The molecule has 0 fully saturated rings. The lowest BCUT2D eigenvalue weighted by Crippen LogP contribution is -2.26. The zero-order chi connectivity index (χ0) is 25.4. The monoisotopic (exact) mass is 488 g/mol. The van der Waals surface area contributed by atoms with Crippen molar-refractivity contribution in [2.45, 2.75) is 52.9 Å². The van der Waals surface area contributed by atoms with E-state index in [2.05, 4.69) is 56.7 Å². The highest BCUT2D eigenvalue weighted by atomic mass is 35.5. The largest absolute Gasteiger partial charge is 0.497 e. The summed E-state index contributed by atoms with van der Waals surface area (Å²) < 4.78 is 5.34. The van der Waals surface area contributed by atoms with E-state index in [0.717, 1.165) is 64.4 Å². The van der Waals surface area contributed by atoms with Gasteiger partial charge in [0.25, 0.3) is 0 Å². The molecule has 1 heterocycles. The first kappa shape index (κ1) is 26.6. The summed E-state index contributed by atoms with van der Waals surface area (Å²) >= 11 is 6.94. The first-order valence-corrected chi connectivity index (χ1v) is 12.8. The summed E-state index contributed by atoms with van der Waals surface area (Å²) in [5.74, 6) is 1.68. The molecular weight excluding hydrogens is 452 g/mol. The number of halogens is 1. The minimum Gasteiger partial charge on any atom is -0.497 e. The van der Waals surface area contributed by atoms with Crippen molar-refractivity contribution in [2.24, 2.45) is 4.99 Å². The predicted octanol–water partition coefficient (Wildman–Crippen LogP) is 8.75. The Kier molecular flexibility index (Phi) is 9.56. The van der Waals surface area contributed by atoms with Gasteiger partial charge in [-0.25, -0.2) is 4.99 Å². The SMILES string of the molecule is C=C(C(/C=C\C=C/C)=C/C)/C(C1=CCCCC1)=C1/N=C(Cl)C(c2ccc(OC)cc2)=C(CC)N1C. The number of allylic oxidation sites excluding steroid dienone is 12. The quantitative estimate of drug-likeness (QED) is 0.341. The molecule has 1 aromatic carbocycles. The van der Waals surface area contributed by atoms with Gasteiger partial charge in [-0.1, -0.05) is 73.7 Å². The van der Waals surface area contributed by atoms with Gasteiger partial charge in [0.2, 0.25) is 0 Å². The van der Waals surface area contributed by atoms with Gasteiger partial charge >= 0.3 is 0 Å². The highest BCUT2D eigenvalue weighted by Crippen LogP contribution is 2.40. The Morgan fingerprint density at radius 3 is 2.49 bits per heavy atom. The summed E-state index contributed by atoms with van der Waals surface area (Å²) in [6.07, 6.45) is 18.0. The molecule has 35 heavy (non-hydrogen) atoms. The molecule has 0 radical (unpaired) electrons. The highest BCUT2D eigenvalue weighted by molar-refractivity contribution is 6.76. The zero-order valence-corrected chi connectivity index (χ0v) is 22.5. The third kappa shape index (κ3) is 5.97. The van der Waals surface area contributed by atoms with Crippen molar-refractivity contribution in [3.05, 3.63) is 107 Å². The number of nitrogens with zero attached hydrogens (tertiary/aromatic N) is 2. The lowest BCUT2D eigenvalue weighted by atomic mass is 9.86. The molecule has 2 aliphatic rings. The van der Waals surface area contributed by atoms with Crippen molar-refractivity contribution in [1.29, 1.82) is 0 Å². The Morgan fingerprint density at radius 2 is 1.91 bits per heavy atom. The van der Waals surface area contributed by atoms with Crippen molar-refractivity contribution in [2.75, 3.05) is 14.2 Å². The molecule has 3 nitrogen and oxygen atoms in total. The summed E-state index contributed by atoms with van der Waals surface area (Å²) in [4.78, 5) is 7.20. The second kappa shape index (κ2) is 12.6. The van der Waals surface area contributed by atoms with Crippen LogP contribution in [0.25, 0.3) is 5.57 Å². The summed E-state index contributed by atoms with van der Waals surface area (Å²) in [5, 5.41) is 0.508. The highest BCUT2D eigenvalue weighted by Gasteiger charge is 2.28. The van der Waals surface area contributed by atoms with E-state index in [9.17, 15) is 0 Å². The van der Waals surface area contributed by atoms with Crippen LogP contribution in [0.5, 0.6) is 5.75 Å². The van der Waals surface area contributed by atoms with Gasteiger partial charge in [0.15, 0.2) is 0 Å². The van der Waals surface area contributed by atoms with Crippen LogP contribution in [-0.2, 0) is 0 Å². The number of benzene rings is 1. The van der Waals surface area contributed by atoms with Gasteiger partial charge in [-0.3, -0.25) is 0 Å². The van der Waals surface area contributed by atoms with Gasteiger partial charge in [-0.05, 0) is 80.4 Å². The number of ether oxygens (including phenoxy) is 1. The molecular formula is C31H37ClN2O. The summed E-state index contributed by atoms with van der Waals surface area (Å²) in [5.41, 5.74) is 7.58. The molecule has 0 spiro atoms. The van der Waals surface area contributed by atoms with E-state index in [-0.39, 0.29) is 0 Å². The Bertz CT molecular complexity index is 1160. The molecule has 0 saturated heterocycles. The first-order valence-electron chi connectivity index (χ1n) is 12.4. The Hall–Kier alpha value is -3.04. The number of methoxy groups -OCH3 is 1. The Balaban J connectivity index is 2.18. The van der Waals surface area contributed by atoms with E-state index in [1.807, 2.05) is 43.3 Å². The first-order chi connectivity index (χ1) is 17.0. The summed E-state index contributed by atoms with van der Waals surface area (Å²) in [7, 11) is 3.76. The van der Waals surface area contributed by atoms with Crippen molar-refractivity contribution >= 4 is 22.3 Å². The van der Waals surface area contributed by atoms with Crippen LogP contribution >= 0.6 is 11.6 Å². The molecule has 0 amide bonds. The van der Waals surface area contributed by atoms with Crippen molar-refractivity contribution in [3.8, 4) is 5.75 Å². The van der Waals surface area contributed by atoms with Crippen molar-refractivity contribution < 1.29 is 4.74 Å².